The molecule has 9 nitrogen and oxygen atoms in total. The number of aliphatic hydroxyl groups excluding tert-OH is 4. The van der Waals surface area contributed by atoms with E-state index in [1.807, 2.05) is 6.08 Å². The lowest BCUT2D eigenvalue weighted by atomic mass is 9.99. The second-order valence-electron chi connectivity index (χ2n) is 16.9. The largest absolute Gasteiger partial charge is 0.457 e. The maximum absolute atomic E-state index is 12.7. The van der Waals surface area contributed by atoms with Gasteiger partial charge in [-0.2, -0.15) is 0 Å². The number of aliphatic hydroxyl groups is 4. The number of hydrogen-bond acceptors (Lipinski definition) is 9. The van der Waals surface area contributed by atoms with Crippen molar-refractivity contribution in [3.63, 3.8) is 0 Å². The van der Waals surface area contributed by atoms with Gasteiger partial charge in [0.15, 0.2) is 6.29 Å². The molecule has 0 radical (unpaired) electrons. The van der Waals surface area contributed by atoms with Crippen molar-refractivity contribution in [3.05, 3.63) is 97.2 Å². The van der Waals surface area contributed by atoms with Crippen LogP contribution in [0.3, 0.4) is 0 Å². The zero-order valence-electron chi connectivity index (χ0n) is 40.2. The number of esters is 1. The normalized spacial score (nSPS) is 20.4. The van der Waals surface area contributed by atoms with E-state index in [-0.39, 0.29) is 19.6 Å². The van der Waals surface area contributed by atoms with Gasteiger partial charge in [-0.25, -0.2) is 0 Å². The minimum absolute atomic E-state index is 0.0813. The highest BCUT2D eigenvalue weighted by Gasteiger charge is 2.44. The summed E-state index contributed by atoms with van der Waals surface area (Å²) < 4.78 is 22.7. The van der Waals surface area contributed by atoms with Gasteiger partial charge in [0.05, 0.1) is 26.2 Å². The summed E-state index contributed by atoms with van der Waals surface area (Å²) in [7, 11) is 0. The topological polar surface area (TPSA) is 135 Å². The second-order valence-corrected chi connectivity index (χ2v) is 16.9. The molecule has 0 saturated carbocycles. The van der Waals surface area contributed by atoms with Gasteiger partial charge in [0, 0.05) is 6.61 Å². The fourth-order valence-corrected chi connectivity index (χ4v) is 7.10. The minimum Gasteiger partial charge on any atom is -0.457 e. The molecule has 0 aromatic rings. The molecule has 0 aromatic carbocycles. The third kappa shape index (κ3) is 35.4. The summed E-state index contributed by atoms with van der Waals surface area (Å²) >= 11 is 0. The first kappa shape index (κ1) is 59.1. The molecule has 6 atom stereocenters. The zero-order valence-corrected chi connectivity index (χ0v) is 40.2. The van der Waals surface area contributed by atoms with Crippen molar-refractivity contribution in [2.45, 2.75) is 218 Å². The van der Waals surface area contributed by atoms with Crippen molar-refractivity contribution in [1.29, 1.82) is 0 Å². The lowest BCUT2D eigenvalue weighted by Gasteiger charge is -2.39. The predicted molar refractivity (Wildman–Crippen MR) is 265 cm³/mol. The molecule has 64 heavy (non-hydrogen) atoms. The predicted octanol–water partition coefficient (Wildman–Crippen LogP) is 12.4. The van der Waals surface area contributed by atoms with Gasteiger partial charge in [0.25, 0.3) is 0 Å². The molecular weight excluding hydrogens is 805 g/mol. The minimum atomic E-state index is -1.56. The Morgan fingerprint density at radius 3 is 1.44 bits per heavy atom. The first-order valence-corrected chi connectivity index (χ1v) is 25.3. The fraction of sp³-hybridized carbons (Fsp3) is 0.691. The van der Waals surface area contributed by atoms with Gasteiger partial charge < -0.3 is 39.4 Å². The van der Waals surface area contributed by atoms with E-state index in [1.165, 1.54) is 96.3 Å². The summed E-state index contributed by atoms with van der Waals surface area (Å²) in [5.74, 6) is -0.444. The van der Waals surface area contributed by atoms with Crippen molar-refractivity contribution < 1.29 is 44.2 Å². The molecule has 0 amide bonds. The molecule has 0 aliphatic carbocycles. The average Bonchev–Trinajstić information content (AvgIpc) is 3.30. The van der Waals surface area contributed by atoms with Crippen LogP contribution in [0.4, 0.5) is 0 Å². The van der Waals surface area contributed by atoms with E-state index in [2.05, 4.69) is 98.9 Å². The Balaban J connectivity index is 2.23. The van der Waals surface area contributed by atoms with Crippen LogP contribution in [0.15, 0.2) is 97.2 Å². The van der Waals surface area contributed by atoms with E-state index >= 15 is 0 Å². The Bertz CT molecular complexity index is 1300. The summed E-state index contributed by atoms with van der Waals surface area (Å²) in [6.45, 7) is 4.29. The van der Waals surface area contributed by atoms with Crippen LogP contribution in [-0.4, -0.2) is 89.6 Å². The van der Waals surface area contributed by atoms with Gasteiger partial charge in [-0.3, -0.25) is 4.79 Å². The first-order valence-electron chi connectivity index (χ1n) is 25.3. The molecule has 6 unspecified atom stereocenters. The van der Waals surface area contributed by atoms with Gasteiger partial charge in [-0.05, 0) is 77.0 Å². The van der Waals surface area contributed by atoms with Crippen molar-refractivity contribution in [2.24, 2.45) is 0 Å². The third-order valence-electron chi connectivity index (χ3n) is 11.0. The van der Waals surface area contributed by atoms with Gasteiger partial charge in [-0.15, -0.1) is 0 Å². The Labute approximate surface area is 390 Å². The van der Waals surface area contributed by atoms with Crippen LogP contribution >= 0.6 is 0 Å². The summed E-state index contributed by atoms with van der Waals surface area (Å²) in [6.07, 6.45) is 56.2. The molecule has 1 aliphatic rings. The van der Waals surface area contributed by atoms with Gasteiger partial charge in [0.1, 0.15) is 30.5 Å². The summed E-state index contributed by atoms with van der Waals surface area (Å²) in [5, 5.41) is 40.2. The molecule has 1 fully saturated rings. The first-order chi connectivity index (χ1) is 31.4. The Morgan fingerprint density at radius 1 is 0.516 bits per heavy atom. The molecule has 0 spiro atoms. The Hall–Kier alpha value is -2.89. The molecular formula is C55H92O9. The molecule has 1 heterocycles. The van der Waals surface area contributed by atoms with E-state index in [0.717, 1.165) is 57.8 Å². The van der Waals surface area contributed by atoms with Crippen molar-refractivity contribution in [2.75, 3.05) is 26.4 Å². The number of hydrogen-bond donors (Lipinski definition) is 4. The molecule has 1 saturated heterocycles. The van der Waals surface area contributed by atoms with Crippen LogP contribution < -0.4 is 0 Å². The lowest BCUT2D eigenvalue weighted by Crippen LogP contribution is -2.59. The zero-order chi connectivity index (χ0) is 46.4. The summed E-state index contributed by atoms with van der Waals surface area (Å²) in [6, 6.07) is 0. The van der Waals surface area contributed by atoms with Crippen LogP contribution in [0.5, 0.6) is 0 Å². The number of allylic oxidation sites excluding steroid dienone is 15. The number of unbranched alkanes of at least 4 members (excludes halogenated alkanes) is 16. The molecule has 0 bridgehead atoms. The van der Waals surface area contributed by atoms with Crippen molar-refractivity contribution in [1.82, 2.24) is 0 Å². The molecule has 9 heteroatoms. The van der Waals surface area contributed by atoms with Crippen molar-refractivity contribution in [3.8, 4) is 0 Å². The highest BCUT2D eigenvalue weighted by atomic mass is 16.7. The smallest absolute Gasteiger partial charge is 0.310 e. The fourth-order valence-electron chi connectivity index (χ4n) is 7.10. The van der Waals surface area contributed by atoms with Gasteiger partial charge in [-0.1, -0.05) is 195 Å². The third-order valence-corrected chi connectivity index (χ3v) is 11.0. The van der Waals surface area contributed by atoms with Crippen LogP contribution in [0.2, 0.25) is 0 Å². The van der Waals surface area contributed by atoms with Crippen LogP contribution in [0, 0.1) is 0 Å². The highest BCUT2D eigenvalue weighted by molar-refractivity contribution is 5.71. The summed E-state index contributed by atoms with van der Waals surface area (Å²) in [5.41, 5.74) is 0. The molecule has 0 aromatic heterocycles. The molecule has 4 N–H and O–H groups in total. The van der Waals surface area contributed by atoms with E-state index in [1.54, 1.807) is 6.08 Å². The molecule has 366 valence electrons. The Morgan fingerprint density at radius 2 is 0.953 bits per heavy atom. The lowest BCUT2D eigenvalue weighted by molar-refractivity contribution is -0.305. The molecule has 1 aliphatic heterocycles. The van der Waals surface area contributed by atoms with Crippen LogP contribution in [0.25, 0.3) is 0 Å². The van der Waals surface area contributed by atoms with Crippen LogP contribution in [0.1, 0.15) is 181 Å². The summed E-state index contributed by atoms with van der Waals surface area (Å²) in [4.78, 5) is 12.7. The Kier molecular flexibility index (Phi) is 41.8. The number of carbonyl (C=O) groups excluding carboxylic acids is 1. The van der Waals surface area contributed by atoms with Crippen molar-refractivity contribution >= 4 is 5.97 Å². The van der Waals surface area contributed by atoms with E-state index in [9.17, 15) is 25.2 Å². The SMILES string of the molecule is CC/C=C\C/C=C\C/C=C\C/C=C\C/C=C\CC(=O)OC(COCCCCCCCCCCCCC/C=C\C/C=C\C/C=C\CCCCCCC)COC1OC(CO)C(O)C(O)C1O. The van der Waals surface area contributed by atoms with E-state index in [0.29, 0.717) is 13.0 Å². The average molecular weight is 897 g/mol. The number of rotatable bonds is 42. The standard InChI is InChI=1S/C55H92O9/c1-3-5-7-9-11-13-15-17-19-20-21-22-23-24-25-26-27-28-29-31-33-35-37-39-41-43-45-61-47-49(48-62-55-54(60)53(59)52(58)50(46-56)64-55)63-51(57)44-42-40-38-36-34-32-30-18-16-14-12-10-8-6-4-2/h6,8,12,14-15,17-18,20-21,23-24,30,34,36,40,42,49-50,52-56,58-60H,3-5,7,9-11,13,16,19,22,25-29,31-33,35,37-39,41,43-48H2,1-2H3/b8-6-,14-12-,17-15-,21-20-,24-23-,30-18-,36-34-,42-40-. The molecule has 1 rings (SSSR count). The maximum Gasteiger partial charge on any atom is 0.310 e. The second kappa shape index (κ2) is 45.3. The van der Waals surface area contributed by atoms with Crippen LogP contribution in [-0.2, 0) is 23.7 Å². The monoisotopic (exact) mass is 897 g/mol. The number of ether oxygens (including phenoxy) is 4. The highest BCUT2D eigenvalue weighted by Crippen LogP contribution is 2.22. The quantitative estimate of drug-likeness (QED) is 0.0268. The van der Waals surface area contributed by atoms with Gasteiger partial charge >= 0.3 is 5.97 Å². The van der Waals surface area contributed by atoms with E-state index in [4.69, 9.17) is 18.9 Å². The maximum atomic E-state index is 12.7. The number of carbonyl (C=O) groups is 1. The van der Waals surface area contributed by atoms with E-state index < -0.39 is 49.4 Å². The van der Waals surface area contributed by atoms with Gasteiger partial charge in [0.2, 0.25) is 0 Å².